The summed E-state index contributed by atoms with van der Waals surface area (Å²) in [5.74, 6) is 1.12. The van der Waals surface area contributed by atoms with E-state index in [1.54, 1.807) is 0 Å². The predicted octanol–water partition coefficient (Wildman–Crippen LogP) is 7.87. The van der Waals surface area contributed by atoms with Crippen LogP contribution in [0.2, 0.25) is 0 Å². The number of unbranched alkanes of at least 4 members (excludes halogenated alkanes) is 3. The van der Waals surface area contributed by atoms with Crippen LogP contribution in [-0.4, -0.2) is 16.8 Å². The lowest BCUT2D eigenvalue weighted by molar-refractivity contribution is -0.137. The summed E-state index contributed by atoms with van der Waals surface area (Å²) in [7, 11) is 0. The van der Waals surface area contributed by atoms with Gasteiger partial charge in [-0.15, -0.1) is 0 Å². The van der Waals surface area contributed by atoms with Crippen molar-refractivity contribution >= 4 is 28.5 Å². The lowest BCUT2D eigenvalue weighted by atomic mass is 9.93. The van der Waals surface area contributed by atoms with Crippen molar-refractivity contribution in [2.45, 2.75) is 76.9 Å². The summed E-state index contributed by atoms with van der Waals surface area (Å²) in [5, 5.41) is 11.9. The van der Waals surface area contributed by atoms with E-state index in [4.69, 9.17) is 0 Å². The molecule has 2 unspecified atom stereocenters. The second-order valence-electron chi connectivity index (χ2n) is 7.82. The third-order valence-corrected chi connectivity index (χ3v) is 6.85. The number of thioether (sulfide) groups is 1. The quantitative estimate of drug-likeness (QED) is 0.328. The molecular formula is C25H36O2S. The predicted molar refractivity (Wildman–Crippen MR) is 123 cm³/mol. The summed E-state index contributed by atoms with van der Waals surface area (Å²) in [6.45, 7) is 4.53. The van der Waals surface area contributed by atoms with Crippen LogP contribution < -0.4 is 0 Å². The molecule has 0 fully saturated rings. The molecule has 0 spiro atoms. The van der Waals surface area contributed by atoms with Gasteiger partial charge in [0.2, 0.25) is 0 Å². The number of hydrogen-bond donors (Lipinski definition) is 1. The maximum Gasteiger partial charge on any atom is 0.304 e. The number of fused-ring (bicyclic) bond motifs is 1. The molecule has 0 aliphatic heterocycles. The van der Waals surface area contributed by atoms with Gasteiger partial charge in [-0.2, -0.15) is 11.8 Å². The first-order valence-electron chi connectivity index (χ1n) is 11.0. The van der Waals surface area contributed by atoms with Crippen LogP contribution in [0.5, 0.6) is 0 Å². The van der Waals surface area contributed by atoms with Gasteiger partial charge in [0.05, 0.1) is 6.42 Å². The van der Waals surface area contributed by atoms with Gasteiger partial charge < -0.3 is 5.11 Å². The third-order valence-electron chi connectivity index (χ3n) is 5.56. The highest BCUT2D eigenvalue weighted by Gasteiger charge is 2.19. The monoisotopic (exact) mass is 400 g/mol. The number of benzene rings is 2. The van der Waals surface area contributed by atoms with Gasteiger partial charge in [0.1, 0.15) is 0 Å². The maximum atomic E-state index is 11.5. The van der Waals surface area contributed by atoms with Gasteiger partial charge in [-0.3, -0.25) is 4.79 Å². The van der Waals surface area contributed by atoms with Crippen molar-refractivity contribution in [1.82, 2.24) is 0 Å². The normalized spacial score (nSPS) is 13.5. The summed E-state index contributed by atoms with van der Waals surface area (Å²) in [6, 6.07) is 14.6. The Morgan fingerprint density at radius 2 is 1.64 bits per heavy atom. The molecule has 0 aliphatic carbocycles. The molecule has 154 valence electrons. The minimum absolute atomic E-state index is 0.0195. The lowest BCUT2D eigenvalue weighted by Crippen LogP contribution is -2.07. The van der Waals surface area contributed by atoms with Crippen LogP contribution in [-0.2, 0) is 4.79 Å². The van der Waals surface area contributed by atoms with Crippen molar-refractivity contribution in [3.05, 3.63) is 48.0 Å². The summed E-state index contributed by atoms with van der Waals surface area (Å²) in [5.41, 5.74) is 1.17. The van der Waals surface area contributed by atoms with Crippen LogP contribution in [0.1, 0.15) is 82.4 Å². The van der Waals surface area contributed by atoms with Gasteiger partial charge in [-0.05, 0) is 34.4 Å². The number of carboxylic acid groups (broad SMARTS) is 1. The van der Waals surface area contributed by atoms with Gasteiger partial charge in [-0.25, -0.2) is 0 Å². The van der Waals surface area contributed by atoms with Crippen LogP contribution in [0.4, 0.5) is 0 Å². The molecule has 1 N–H and O–H groups in total. The second-order valence-corrected chi connectivity index (χ2v) is 9.13. The Labute approximate surface area is 175 Å². The number of carboxylic acids is 1. The minimum atomic E-state index is -0.712. The topological polar surface area (TPSA) is 37.3 Å². The van der Waals surface area contributed by atoms with Gasteiger partial charge in [0, 0.05) is 5.25 Å². The number of aliphatic carboxylic acids is 1. The van der Waals surface area contributed by atoms with E-state index in [0.717, 1.165) is 11.7 Å². The van der Waals surface area contributed by atoms with E-state index < -0.39 is 5.97 Å². The first-order chi connectivity index (χ1) is 13.7. The average molecular weight is 401 g/mol. The molecule has 0 aliphatic rings. The highest BCUT2D eigenvalue weighted by molar-refractivity contribution is 7.99. The Morgan fingerprint density at radius 3 is 2.39 bits per heavy atom. The molecule has 2 nitrogen and oxygen atoms in total. The zero-order valence-corrected chi connectivity index (χ0v) is 18.3. The van der Waals surface area contributed by atoms with Crippen molar-refractivity contribution < 1.29 is 9.90 Å². The zero-order chi connectivity index (χ0) is 20.2. The molecule has 2 aromatic carbocycles. The number of hydrogen-bond acceptors (Lipinski definition) is 2. The average Bonchev–Trinajstić information content (AvgIpc) is 2.70. The Balaban J connectivity index is 2.03. The van der Waals surface area contributed by atoms with Crippen LogP contribution >= 0.6 is 11.8 Å². The van der Waals surface area contributed by atoms with Crippen molar-refractivity contribution in [3.63, 3.8) is 0 Å². The van der Waals surface area contributed by atoms with Crippen LogP contribution in [0.15, 0.2) is 42.5 Å². The highest BCUT2D eigenvalue weighted by atomic mass is 32.2. The van der Waals surface area contributed by atoms with Gasteiger partial charge in [-0.1, -0.05) is 101 Å². The minimum Gasteiger partial charge on any atom is -0.481 e. The van der Waals surface area contributed by atoms with Crippen LogP contribution in [0.3, 0.4) is 0 Å². The van der Waals surface area contributed by atoms with Crippen LogP contribution in [0.25, 0.3) is 10.8 Å². The van der Waals surface area contributed by atoms with E-state index in [0.29, 0.717) is 0 Å². The zero-order valence-electron chi connectivity index (χ0n) is 17.5. The fraction of sp³-hybridized carbons (Fsp3) is 0.560. The Kier molecular flexibility index (Phi) is 10.5. The molecule has 28 heavy (non-hydrogen) atoms. The van der Waals surface area contributed by atoms with E-state index in [1.807, 2.05) is 23.9 Å². The Morgan fingerprint density at radius 1 is 0.929 bits per heavy atom. The fourth-order valence-electron chi connectivity index (χ4n) is 3.93. The van der Waals surface area contributed by atoms with E-state index >= 15 is 0 Å². The molecule has 0 saturated heterocycles. The lowest BCUT2D eigenvalue weighted by Gasteiger charge is -2.20. The summed E-state index contributed by atoms with van der Waals surface area (Å²) in [4.78, 5) is 11.5. The van der Waals surface area contributed by atoms with E-state index in [1.165, 1.54) is 67.7 Å². The summed E-state index contributed by atoms with van der Waals surface area (Å²) in [6.07, 6.45) is 10.5. The van der Waals surface area contributed by atoms with Crippen LogP contribution in [0, 0.1) is 5.92 Å². The Hall–Kier alpha value is -1.48. The maximum absolute atomic E-state index is 11.5. The van der Waals surface area contributed by atoms with Crippen molar-refractivity contribution in [2.24, 2.45) is 5.92 Å². The van der Waals surface area contributed by atoms with Crippen molar-refractivity contribution in [1.29, 1.82) is 0 Å². The van der Waals surface area contributed by atoms with E-state index in [9.17, 15) is 9.90 Å². The van der Waals surface area contributed by atoms with Crippen molar-refractivity contribution in [3.8, 4) is 0 Å². The highest BCUT2D eigenvalue weighted by Crippen LogP contribution is 2.37. The molecule has 0 saturated carbocycles. The number of rotatable bonds is 14. The van der Waals surface area contributed by atoms with Crippen molar-refractivity contribution in [2.75, 3.05) is 5.75 Å². The SMILES string of the molecule is CCCCCC(CCCC)CCSC(CC(=O)O)c1cccc2ccccc12. The van der Waals surface area contributed by atoms with Gasteiger partial charge in [0.15, 0.2) is 0 Å². The molecule has 0 amide bonds. The third kappa shape index (κ3) is 7.50. The first-order valence-corrected chi connectivity index (χ1v) is 12.0. The van der Waals surface area contributed by atoms with Gasteiger partial charge in [0.25, 0.3) is 0 Å². The Bertz CT molecular complexity index is 707. The van der Waals surface area contributed by atoms with E-state index in [2.05, 4.69) is 44.2 Å². The smallest absolute Gasteiger partial charge is 0.304 e. The molecule has 0 bridgehead atoms. The van der Waals surface area contributed by atoms with Gasteiger partial charge >= 0.3 is 5.97 Å². The number of carbonyl (C=O) groups is 1. The molecule has 0 heterocycles. The molecule has 0 aromatic heterocycles. The fourth-order valence-corrected chi connectivity index (χ4v) is 5.33. The molecule has 2 aromatic rings. The first kappa shape index (κ1) is 22.8. The standard InChI is InChI=1S/C25H36O2S/c1-3-5-7-12-20(11-6-4-2)17-18-28-24(19-25(26)27)23-16-10-14-21-13-8-9-15-22(21)23/h8-10,13-16,20,24H,3-7,11-12,17-19H2,1-2H3,(H,26,27). The summed E-state index contributed by atoms with van der Waals surface area (Å²) < 4.78 is 0. The molecule has 2 rings (SSSR count). The second kappa shape index (κ2) is 12.9. The molecular weight excluding hydrogens is 364 g/mol. The summed E-state index contributed by atoms with van der Waals surface area (Å²) >= 11 is 1.84. The van der Waals surface area contributed by atoms with E-state index in [-0.39, 0.29) is 11.7 Å². The molecule has 3 heteroatoms. The molecule has 2 atom stereocenters. The molecule has 0 radical (unpaired) electrons. The largest absolute Gasteiger partial charge is 0.481 e.